The molecule has 0 aliphatic carbocycles. The van der Waals surface area contributed by atoms with E-state index in [1.807, 2.05) is 6.92 Å². The Labute approximate surface area is 103 Å². The van der Waals surface area contributed by atoms with Crippen molar-refractivity contribution in [3.05, 3.63) is 0 Å². The van der Waals surface area contributed by atoms with Crippen LogP contribution in [-0.4, -0.2) is 27.4 Å². The molecule has 0 spiro atoms. The Balaban J connectivity index is 0. The highest BCUT2D eigenvalue weighted by molar-refractivity contribution is 6.54. The first kappa shape index (κ1) is 16.2. The summed E-state index contributed by atoms with van der Waals surface area (Å²) in [4.78, 5) is 0. The van der Waals surface area contributed by atoms with Crippen molar-refractivity contribution in [2.24, 2.45) is 0 Å². The van der Waals surface area contributed by atoms with E-state index < -0.39 is 4.33 Å². The zero-order valence-electron chi connectivity index (χ0n) is 6.47. The predicted octanol–water partition coefficient (Wildman–Crippen LogP) is 4.49. The molecule has 0 amide bonds. The maximum Gasteiger partial charge on any atom is 0.145 e. The molecule has 0 nitrogen and oxygen atoms in total. The Morgan fingerprint density at radius 2 is 1.33 bits per heavy atom. The van der Waals surface area contributed by atoms with Crippen LogP contribution in [0.25, 0.3) is 0 Å². The predicted molar refractivity (Wildman–Crippen MR) is 61.9 cm³/mol. The van der Waals surface area contributed by atoms with Crippen LogP contribution in [0.5, 0.6) is 0 Å². The Morgan fingerprint density at radius 1 is 1.08 bits per heavy atom. The number of halogens is 6. The smallest absolute Gasteiger partial charge is 0.125 e. The monoisotopic (exact) mass is 292 g/mol. The minimum atomic E-state index is -0.941. The van der Waals surface area contributed by atoms with Gasteiger partial charge in [0.05, 0.1) is 11.8 Å². The fourth-order valence-corrected chi connectivity index (χ4v) is 0.321. The molecular formula is C6H10Cl6. The van der Waals surface area contributed by atoms with Crippen molar-refractivity contribution < 1.29 is 0 Å². The van der Waals surface area contributed by atoms with E-state index in [4.69, 9.17) is 69.6 Å². The first-order valence-electron chi connectivity index (χ1n) is 3.09. The van der Waals surface area contributed by atoms with E-state index in [1.165, 1.54) is 0 Å². The molecule has 1 unspecified atom stereocenters. The summed E-state index contributed by atoms with van der Waals surface area (Å²) >= 11 is 31.8. The highest BCUT2D eigenvalue weighted by atomic mass is 35.5. The Bertz CT molecular complexity index is 86.0. The Morgan fingerprint density at radius 3 is 1.33 bits per heavy atom. The summed E-state index contributed by atoms with van der Waals surface area (Å²) in [5.74, 6) is 0.876. The summed E-state index contributed by atoms with van der Waals surface area (Å²) in [5.41, 5.74) is 0. The lowest BCUT2D eigenvalue weighted by atomic mass is 10.5. The highest BCUT2D eigenvalue weighted by Crippen LogP contribution is 2.23. The third-order valence-corrected chi connectivity index (χ3v) is 3.37. The second kappa shape index (κ2) is 9.30. The minimum Gasteiger partial charge on any atom is -0.125 e. The molecule has 0 rings (SSSR count). The zero-order valence-corrected chi connectivity index (χ0v) is 11.0. The molecule has 0 bridgehead atoms. The number of hydrogen-bond donors (Lipinski definition) is 0. The molecule has 6 heteroatoms. The van der Waals surface area contributed by atoms with Gasteiger partial charge in [0.2, 0.25) is 0 Å². The van der Waals surface area contributed by atoms with Crippen LogP contribution >= 0.6 is 69.6 Å². The lowest BCUT2D eigenvalue weighted by molar-refractivity contribution is 1.01. The van der Waals surface area contributed by atoms with Crippen molar-refractivity contribution in [2.75, 3.05) is 17.6 Å². The van der Waals surface area contributed by atoms with Gasteiger partial charge in [0.25, 0.3) is 0 Å². The molecule has 0 aliphatic heterocycles. The first-order chi connectivity index (χ1) is 5.39. The van der Waals surface area contributed by atoms with Gasteiger partial charge in [-0.15, -0.1) is 46.4 Å². The van der Waals surface area contributed by atoms with Gasteiger partial charge in [-0.3, -0.25) is 0 Å². The second-order valence-corrected chi connectivity index (χ2v) is 5.29. The zero-order chi connectivity index (χ0) is 10.2. The fraction of sp³-hybridized carbons (Fsp3) is 1.00. The van der Waals surface area contributed by atoms with Crippen LogP contribution in [0.15, 0.2) is 0 Å². The highest BCUT2D eigenvalue weighted by Gasteiger charge is 2.19. The molecule has 0 aliphatic rings. The molecule has 0 heterocycles. The topological polar surface area (TPSA) is 0 Å². The summed E-state index contributed by atoms with van der Waals surface area (Å²) in [6.45, 7) is 1.86. The average Bonchev–Trinajstić information content (AvgIpc) is 2.05. The lowest BCUT2D eigenvalue weighted by Crippen LogP contribution is -2.16. The molecule has 0 saturated carbocycles. The van der Waals surface area contributed by atoms with Crippen LogP contribution in [0.2, 0.25) is 0 Å². The second-order valence-electron chi connectivity index (χ2n) is 2.06. The molecule has 0 N–H and O–H groups in total. The van der Waals surface area contributed by atoms with Crippen LogP contribution in [0.1, 0.15) is 6.92 Å². The van der Waals surface area contributed by atoms with Crippen molar-refractivity contribution >= 4 is 69.6 Å². The van der Waals surface area contributed by atoms with E-state index in [-0.39, 0.29) is 17.1 Å². The summed E-state index contributed by atoms with van der Waals surface area (Å²) < 4.78 is -0.941. The molecule has 0 fully saturated rings. The standard InChI is InChI=1S/C3H4Cl4.C3H6Cl2/c4-1-3(6,7)2-5;1-3(5)2-4/h1-2H2;3H,2H2,1H3. The normalized spacial score (nSPS) is 13.2. The van der Waals surface area contributed by atoms with E-state index >= 15 is 0 Å². The molecule has 0 aromatic rings. The van der Waals surface area contributed by atoms with E-state index in [0.29, 0.717) is 5.88 Å². The SMILES string of the molecule is CC(Cl)CCl.ClCC(Cl)(Cl)CCl. The minimum absolute atomic E-state index is 0.122. The van der Waals surface area contributed by atoms with Gasteiger partial charge in [0.15, 0.2) is 0 Å². The largest absolute Gasteiger partial charge is 0.145 e. The van der Waals surface area contributed by atoms with E-state index in [9.17, 15) is 0 Å². The molecule has 12 heavy (non-hydrogen) atoms. The van der Waals surface area contributed by atoms with Crippen molar-refractivity contribution in [2.45, 2.75) is 16.6 Å². The van der Waals surface area contributed by atoms with Gasteiger partial charge in [0, 0.05) is 11.3 Å². The van der Waals surface area contributed by atoms with E-state index in [0.717, 1.165) is 0 Å². The Hall–Kier alpha value is 1.74. The van der Waals surface area contributed by atoms with Crippen LogP contribution in [0.4, 0.5) is 0 Å². The molecule has 0 saturated heterocycles. The molecular weight excluding hydrogens is 285 g/mol. The summed E-state index contributed by atoms with van der Waals surface area (Å²) in [7, 11) is 0. The van der Waals surface area contributed by atoms with Gasteiger partial charge < -0.3 is 0 Å². The summed E-state index contributed by atoms with van der Waals surface area (Å²) in [6, 6.07) is 0. The van der Waals surface area contributed by atoms with Crippen molar-refractivity contribution in [3.8, 4) is 0 Å². The quantitative estimate of drug-likeness (QED) is 0.673. The van der Waals surface area contributed by atoms with Gasteiger partial charge in [-0.2, -0.15) is 0 Å². The number of alkyl halides is 6. The Kier molecular flexibility index (Phi) is 12.5. The number of rotatable bonds is 3. The third kappa shape index (κ3) is 14.3. The van der Waals surface area contributed by atoms with Gasteiger partial charge in [-0.25, -0.2) is 0 Å². The van der Waals surface area contributed by atoms with Gasteiger partial charge in [-0.1, -0.05) is 23.2 Å². The van der Waals surface area contributed by atoms with Crippen LogP contribution in [0, 0.1) is 0 Å². The van der Waals surface area contributed by atoms with E-state index in [1.54, 1.807) is 0 Å². The van der Waals surface area contributed by atoms with Crippen molar-refractivity contribution in [3.63, 3.8) is 0 Å². The first-order valence-corrected chi connectivity index (χ1v) is 5.89. The van der Waals surface area contributed by atoms with Crippen LogP contribution in [0.3, 0.4) is 0 Å². The molecule has 1 atom stereocenters. The summed E-state index contributed by atoms with van der Waals surface area (Å²) in [5, 5.41) is 0.122. The molecule has 76 valence electrons. The van der Waals surface area contributed by atoms with Crippen molar-refractivity contribution in [1.82, 2.24) is 0 Å². The molecule has 0 aromatic carbocycles. The molecule has 0 aromatic heterocycles. The van der Waals surface area contributed by atoms with Gasteiger partial charge in [-0.05, 0) is 6.92 Å². The summed E-state index contributed by atoms with van der Waals surface area (Å²) in [6.07, 6.45) is 0. The average molecular weight is 295 g/mol. The van der Waals surface area contributed by atoms with Gasteiger partial charge >= 0.3 is 0 Å². The van der Waals surface area contributed by atoms with Gasteiger partial charge in [0.1, 0.15) is 4.33 Å². The fourth-order valence-electron chi connectivity index (χ4n) is 0.0357. The number of hydrogen-bond acceptors (Lipinski definition) is 0. The lowest BCUT2D eigenvalue weighted by Gasteiger charge is -2.08. The maximum absolute atomic E-state index is 5.41. The molecule has 0 radical (unpaired) electrons. The van der Waals surface area contributed by atoms with E-state index in [2.05, 4.69) is 0 Å². The van der Waals surface area contributed by atoms with Crippen LogP contribution < -0.4 is 0 Å². The van der Waals surface area contributed by atoms with Crippen LogP contribution in [-0.2, 0) is 0 Å². The third-order valence-electron chi connectivity index (χ3n) is 0.604. The van der Waals surface area contributed by atoms with Crippen molar-refractivity contribution in [1.29, 1.82) is 0 Å². The maximum atomic E-state index is 5.41.